The van der Waals surface area contributed by atoms with Gasteiger partial charge in [0.1, 0.15) is 18.2 Å². The lowest BCUT2D eigenvalue weighted by atomic mass is 10.1. The summed E-state index contributed by atoms with van der Waals surface area (Å²) in [5.74, 6) is 1.65. The maximum absolute atomic E-state index is 5.98. The highest BCUT2D eigenvalue weighted by atomic mass is 35.5. The van der Waals surface area contributed by atoms with E-state index in [1.807, 2.05) is 29.8 Å². The highest BCUT2D eigenvalue weighted by Gasteiger charge is 2.10. The zero-order valence-electron chi connectivity index (χ0n) is 11.1. The monoisotopic (exact) mass is 279 g/mol. The Balaban J connectivity index is 2.15. The average Bonchev–Trinajstić information content (AvgIpc) is 2.84. The molecule has 5 heteroatoms. The van der Waals surface area contributed by atoms with Crippen LogP contribution in [0.15, 0.2) is 30.6 Å². The fourth-order valence-electron chi connectivity index (χ4n) is 1.92. The fourth-order valence-corrected chi connectivity index (χ4v) is 2.10. The molecule has 1 aromatic heterocycles. The summed E-state index contributed by atoms with van der Waals surface area (Å²) in [5, 5.41) is 0.662. The summed E-state index contributed by atoms with van der Waals surface area (Å²) in [4.78, 5) is 4.27. The van der Waals surface area contributed by atoms with E-state index in [0.29, 0.717) is 11.6 Å². The molecule has 0 radical (unpaired) electrons. The van der Waals surface area contributed by atoms with Crippen LogP contribution in [0.5, 0.6) is 5.75 Å². The minimum Gasteiger partial charge on any atom is -0.485 e. The maximum Gasteiger partial charge on any atom is 0.146 e. The van der Waals surface area contributed by atoms with Gasteiger partial charge in [-0.25, -0.2) is 4.98 Å². The molecular formula is C14H18ClN3O. The van der Waals surface area contributed by atoms with Gasteiger partial charge in [0.2, 0.25) is 0 Å². The van der Waals surface area contributed by atoms with Crippen molar-refractivity contribution in [1.82, 2.24) is 9.55 Å². The first-order valence-corrected chi connectivity index (χ1v) is 6.67. The molecule has 2 N–H and O–H groups in total. The molecule has 102 valence electrons. The minimum atomic E-state index is -0.125. The Labute approximate surface area is 118 Å². The first kappa shape index (κ1) is 13.9. The number of hydrogen-bond donors (Lipinski definition) is 1. The fraction of sp³-hybridized carbons (Fsp3) is 0.357. The van der Waals surface area contributed by atoms with Crippen molar-refractivity contribution in [2.24, 2.45) is 5.73 Å². The van der Waals surface area contributed by atoms with Crippen LogP contribution >= 0.6 is 11.6 Å². The Bertz CT molecular complexity index is 551. The van der Waals surface area contributed by atoms with Crippen molar-refractivity contribution in [2.75, 3.05) is 0 Å². The van der Waals surface area contributed by atoms with Gasteiger partial charge in [0.15, 0.2) is 0 Å². The molecule has 4 nitrogen and oxygen atoms in total. The zero-order chi connectivity index (χ0) is 13.8. The van der Waals surface area contributed by atoms with Crippen molar-refractivity contribution in [2.45, 2.75) is 33.0 Å². The molecule has 0 aliphatic carbocycles. The summed E-state index contributed by atoms with van der Waals surface area (Å²) in [5.41, 5.74) is 6.83. The van der Waals surface area contributed by atoms with E-state index < -0.39 is 0 Å². The predicted octanol–water partition coefficient (Wildman–Crippen LogP) is 3.16. The van der Waals surface area contributed by atoms with Crippen LogP contribution in [0.4, 0.5) is 0 Å². The summed E-state index contributed by atoms with van der Waals surface area (Å²) in [6.07, 6.45) is 3.71. The number of ether oxygens (including phenoxy) is 1. The number of rotatable bonds is 5. The Morgan fingerprint density at radius 2 is 2.26 bits per heavy atom. The summed E-state index contributed by atoms with van der Waals surface area (Å²) >= 11 is 5.98. The number of hydrogen-bond acceptors (Lipinski definition) is 3. The largest absolute Gasteiger partial charge is 0.485 e. The summed E-state index contributed by atoms with van der Waals surface area (Å²) < 4.78 is 7.86. The smallest absolute Gasteiger partial charge is 0.146 e. The molecule has 0 fully saturated rings. The van der Waals surface area contributed by atoms with Crippen LogP contribution < -0.4 is 10.5 Å². The van der Waals surface area contributed by atoms with Gasteiger partial charge >= 0.3 is 0 Å². The molecule has 0 amide bonds. The first-order valence-electron chi connectivity index (χ1n) is 6.29. The minimum absolute atomic E-state index is 0.125. The number of imidazole rings is 1. The molecule has 1 atom stereocenters. The number of aromatic nitrogens is 2. The van der Waals surface area contributed by atoms with E-state index in [0.717, 1.165) is 23.7 Å². The van der Waals surface area contributed by atoms with Gasteiger partial charge in [0.05, 0.1) is 0 Å². The highest BCUT2D eigenvalue weighted by Crippen LogP contribution is 2.27. The third-order valence-corrected chi connectivity index (χ3v) is 3.20. The predicted molar refractivity (Wildman–Crippen MR) is 76.3 cm³/mol. The Morgan fingerprint density at radius 3 is 2.95 bits per heavy atom. The summed E-state index contributed by atoms with van der Waals surface area (Å²) in [7, 11) is 0. The molecule has 0 unspecified atom stereocenters. The van der Waals surface area contributed by atoms with E-state index in [4.69, 9.17) is 22.1 Å². The number of nitrogens with zero attached hydrogens (tertiary/aromatic N) is 2. The second kappa shape index (κ2) is 6.08. The van der Waals surface area contributed by atoms with Crippen molar-refractivity contribution >= 4 is 11.6 Å². The molecule has 2 aromatic rings. The van der Waals surface area contributed by atoms with Gasteiger partial charge in [0, 0.05) is 35.6 Å². The lowest BCUT2D eigenvalue weighted by Gasteiger charge is -2.14. The van der Waals surface area contributed by atoms with E-state index in [1.54, 1.807) is 12.3 Å². The van der Waals surface area contributed by atoms with Crippen molar-refractivity contribution in [3.05, 3.63) is 47.0 Å². The normalized spacial score (nSPS) is 12.4. The van der Waals surface area contributed by atoms with Gasteiger partial charge in [-0.05, 0) is 32.0 Å². The molecule has 2 rings (SSSR count). The van der Waals surface area contributed by atoms with Gasteiger partial charge in [0.25, 0.3) is 0 Å². The van der Waals surface area contributed by atoms with Gasteiger partial charge in [-0.15, -0.1) is 0 Å². The summed E-state index contributed by atoms with van der Waals surface area (Å²) in [6.45, 7) is 5.27. The second-order valence-corrected chi connectivity index (χ2v) is 4.83. The van der Waals surface area contributed by atoms with Crippen molar-refractivity contribution in [1.29, 1.82) is 0 Å². The van der Waals surface area contributed by atoms with Gasteiger partial charge in [-0.2, -0.15) is 0 Å². The van der Waals surface area contributed by atoms with Crippen LogP contribution in [0.2, 0.25) is 5.02 Å². The molecule has 0 spiro atoms. The SMILES string of the molecule is CCn1ccnc1COc1ccc(Cl)cc1[C@@H](C)N. The van der Waals surface area contributed by atoms with E-state index >= 15 is 0 Å². The quantitative estimate of drug-likeness (QED) is 0.915. The molecule has 0 aliphatic heterocycles. The number of aryl methyl sites for hydroxylation is 1. The Hall–Kier alpha value is -1.52. The molecule has 0 aliphatic rings. The van der Waals surface area contributed by atoms with Crippen LogP contribution in [0.1, 0.15) is 31.3 Å². The molecule has 19 heavy (non-hydrogen) atoms. The first-order chi connectivity index (χ1) is 9.11. The second-order valence-electron chi connectivity index (χ2n) is 4.39. The zero-order valence-corrected chi connectivity index (χ0v) is 11.9. The Kier molecular flexibility index (Phi) is 4.45. The van der Waals surface area contributed by atoms with Crippen LogP contribution in [-0.4, -0.2) is 9.55 Å². The lowest BCUT2D eigenvalue weighted by Crippen LogP contribution is -2.10. The Morgan fingerprint density at radius 1 is 1.47 bits per heavy atom. The van der Waals surface area contributed by atoms with Crippen molar-refractivity contribution in [3.63, 3.8) is 0 Å². The molecule has 0 saturated carbocycles. The average molecular weight is 280 g/mol. The van der Waals surface area contributed by atoms with Crippen LogP contribution in [0.25, 0.3) is 0 Å². The van der Waals surface area contributed by atoms with Gasteiger partial charge < -0.3 is 15.0 Å². The number of halogens is 1. The number of nitrogens with two attached hydrogens (primary N) is 1. The summed E-state index contributed by atoms with van der Waals surface area (Å²) in [6, 6.07) is 5.36. The van der Waals surface area contributed by atoms with E-state index in [1.165, 1.54) is 0 Å². The van der Waals surface area contributed by atoms with Crippen LogP contribution in [0, 0.1) is 0 Å². The standard InChI is InChI=1S/C14H18ClN3O/c1-3-18-7-6-17-14(18)9-19-13-5-4-11(15)8-12(13)10(2)16/h4-8,10H,3,9,16H2,1-2H3/t10-/m1/s1. The topological polar surface area (TPSA) is 53.1 Å². The third kappa shape index (κ3) is 3.28. The van der Waals surface area contributed by atoms with Gasteiger partial charge in [-0.3, -0.25) is 0 Å². The van der Waals surface area contributed by atoms with Crippen molar-refractivity contribution < 1.29 is 4.74 Å². The highest BCUT2D eigenvalue weighted by molar-refractivity contribution is 6.30. The maximum atomic E-state index is 5.98. The molecular weight excluding hydrogens is 262 g/mol. The molecule has 1 aromatic carbocycles. The molecule has 0 bridgehead atoms. The van der Waals surface area contributed by atoms with Crippen molar-refractivity contribution in [3.8, 4) is 5.75 Å². The van der Waals surface area contributed by atoms with Gasteiger partial charge in [-0.1, -0.05) is 11.6 Å². The van der Waals surface area contributed by atoms with E-state index in [2.05, 4.69) is 11.9 Å². The molecule has 1 heterocycles. The third-order valence-electron chi connectivity index (χ3n) is 2.96. The number of benzene rings is 1. The van der Waals surface area contributed by atoms with Crippen LogP contribution in [-0.2, 0) is 13.2 Å². The molecule has 0 saturated heterocycles. The van der Waals surface area contributed by atoms with E-state index in [-0.39, 0.29) is 6.04 Å². The van der Waals surface area contributed by atoms with Crippen LogP contribution in [0.3, 0.4) is 0 Å². The lowest BCUT2D eigenvalue weighted by molar-refractivity contribution is 0.285. The van der Waals surface area contributed by atoms with E-state index in [9.17, 15) is 0 Å².